The standard InChI is InChI=1S/C27H23FN2O4/c1-16-8-9-17(2)24(12-16)30-26(32)22(25(31)29-27(30)33)15-18-10-11-21(34-3)14-20(18)13-19-6-4-5-7-23(19)28/h4-12,14-15H,13H2,1-3H3,(H,29,31,33)/b22-15+. The Morgan fingerprint density at radius 3 is 2.47 bits per heavy atom. The van der Waals surface area contributed by atoms with Gasteiger partial charge >= 0.3 is 6.03 Å². The number of nitrogens with zero attached hydrogens (tertiary/aromatic N) is 1. The molecule has 7 heteroatoms. The average molecular weight is 458 g/mol. The highest BCUT2D eigenvalue weighted by atomic mass is 19.1. The van der Waals surface area contributed by atoms with Gasteiger partial charge in [-0.3, -0.25) is 14.9 Å². The number of ether oxygens (including phenoxy) is 1. The fourth-order valence-electron chi connectivity index (χ4n) is 3.84. The van der Waals surface area contributed by atoms with Crippen LogP contribution < -0.4 is 15.0 Å². The lowest BCUT2D eigenvalue weighted by Gasteiger charge is -2.28. The number of imide groups is 2. The summed E-state index contributed by atoms with van der Waals surface area (Å²) >= 11 is 0. The molecule has 172 valence electrons. The van der Waals surface area contributed by atoms with E-state index in [1.165, 1.54) is 19.3 Å². The maximum Gasteiger partial charge on any atom is 0.335 e. The molecule has 1 aliphatic heterocycles. The van der Waals surface area contributed by atoms with Gasteiger partial charge in [0.05, 0.1) is 12.8 Å². The Labute approximate surface area is 196 Å². The number of methoxy groups -OCH3 is 1. The molecule has 34 heavy (non-hydrogen) atoms. The summed E-state index contributed by atoms with van der Waals surface area (Å²) in [4.78, 5) is 39.6. The molecular weight excluding hydrogens is 435 g/mol. The monoisotopic (exact) mass is 458 g/mol. The van der Waals surface area contributed by atoms with Gasteiger partial charge in [0, 0.05) is 6.42 Å². The Morgan fingerprint density at radius 1 is 0.971 bits per heavy atom. The van der Waals surface area contributed by atoms with Gasteiger partial charge in [0.1, 0.15) is 17.1 Å². The minimum atomic E-state index is -0.804. The second-order valence-corrected chi connectivity index (χ2v) is 8.08. The summed E-state index contributed by atoms with van der Waals surface area (Å²) in [5.74, 6) is -1.32. The van der Waals surface area contributed by atoms with Gasteiger partial charge in [0.2, 0.25) is 0 Å². The van der Waals surface area contributed by atoms with Crippen LogP contribution in [-0.4, -0.2) is 25.0 Å². The van der Waals surface area contributed by atoms with Gasteiger partial charge < -0.3 is 4.74 Å². The van der Waals surface area contributed by atoms with Gasteiger partial charge in [-0.15, -0.1) is 0 Å². The Bertz CT molecular complexity index is 1350. The molecule has 0 saturated carbocycles. The van der Waals surface area contributed by atoms with E-state index >= 15 is 0 Å². The SMILES string of the molecule is COc1ccc(/C=C2\C(=O)NC(=O)N(c3cc(C)ccc3C)C2=O)c(Cc2ccccc2F)c1. The molecular formula is C27H23FN2O4. The molecule has 0 radical (unpaired) electrons. The Kier molecular flexibility index (Phi) is 6.27. The molecule has 1 saturated heterocycles. The zero-order chi connectivity index (χ0) is 24.4. The van der Waals surface area contributed by atoms with Gasteiger partial charge in [0.25, 0.3) is 11.8 Å². The summed E-state index contributed by atoms with van der Waals surface area (Å²) in [5, 5.41) is 2.25. The average Bonchev–Trinajstić information content (AvgIpc) is 2.81. The fourth-order valence-corrected chi connectivity index (χ4v) is 3.84. The summed E-state index contributed by atoms with van der Waals surface area (Å²) in [5.41, 5.74) is 3.45. The van der Waals surface area contributed by atoms with Crippen molar-refractivity contribution in [2.75, 3.05) is 12.0 Å². The molecule has 0 bridgehead atoms. The van der Waals surface area contributed by atoms with E-state index in [9.17, 15) is 18.8 Å². The summed E-state index contributed by atoms with van der Waals surface area (Å²) < 4.78 is 19.6. The normalized spacial score (nSPS) is 15.0. The summed E-state index contributed by atoms with van der Waals surface area (Å²) in [6.07, 6.45) is 1.65. The van der Waals surface area contributed by atoms with Crippen molar-refractivity contribution in [2.45, 2.75) is 20.3 Å². The summed E-state index contributed by atoms with van der Waals surface area (Å²) in [6.45, 7) is 3.63. The number of rotatable bonds is 5. The molecule has 1 N–H and O–H groups in total. The van der Waals surface area contributed by atoms with Crippen molar-refractivity contribution in [2.24, 2.45) is 0 Å². The van der Waals surface area contributed by atoms with Crippen LogP contribution in [0.4, 0.5) is 14.9 Å². The molecule has 4 amide bonds. The topological polar surface area (TPSA) is 75.7 Å². The molecule has 1 aliphatic rings. The number of carbonyl (C=O) groups is 3. The van der Waals surface area contributed by atoms with Crippen LogP contribution in [-0.2, 0) is 16.0 Å². The lowest BCUT2D eigenvalue weighted by molar-refractivity contribution is -0.122. The van der Waals surface area contributed by atoms with Crippen molar-refractivity contribution < 1.29 is 23.5 Å². The molecule has 3 aromatic carbocycles. The molecule has 0 aromatic heterocycles. The first-order valence-corrected chi connectivity index (χ1v) is 10.7. The second-order valence-electron chi connectivity index (χ2n) is 8.08. The summed E-state index contributed by atoms with van der Waals surface area (Å²) in [7, 11) is 1.52. The van der Waals surface area contributed by atoms with Crippen molar-refractivity contribution in [1.29, 1.82) is 0 Å². The molecule has 1 fully saturated rings. The highest BCUT2D eigenvalue weighted by Gasteiger charge is 2.37. The Hall–Kier alpha value is -4.26. The predicted molar refractivity (Wildman–Crippen MR) is 127 cm³/mol. The van der Waals surface area contributed by atoms with Crippen LogP contribution >= 0.6 is 0 Å². The fraction of sp³-hybridized carbons (Fsp3) is 0.148. The highest BCUT2D eigenvalue weighted by Crippen LogP contribution is 2.28. The third kappa shape index (κ3) is 4.45. The number of hydrogen-bond acceptors (Lipinski definition) is 4. The van der Waals surface area contributed by atoms with Gasteiger partial charge in [-0.2, -0.15) is 0 Å². The van der Waals surface area contributed by atoms with Crippen LogP contribution in [0.2, 0.25) is 0 Å². The number of hydrogen-bond donors (Lipinski definition) is 1. The highest BCUT2D eigenvalue weighted by molar-refractivity contribution is 6.39. The molecule has 1 heterocycles. The number of aryl methyl sites for hydroxylation is 2. The van der Waals surface area contributed by atoms with Crippen LogP contribution in [0, 0.1) is 19.7 Å². The lowest BCUT2D eigenvalue weighted by atomic mass is 9.96. The van der Waals surface area contributed by atoms with E-state index in [-0.39, 0.29) is 17.8 Å². The van der Waals surface area contributed by atoms with Gasteiger partial charge in [-0.1, -0.05) is 36.4 Å². The minimum absolute atomic E-state index is 0.194. The van der Waals surface area contributed by atoms with Crippen molar-refractivity contribution in [3.8, 4) is 5.75 Å². The summed E-state index contributed by atoms with van der Waals surface area (Å²) in [6, 6.07) is 16.1. The van der Waals surface area contributed by atoms with E-state index in [4.69, 9.17) is 4.74 Å². The second kappa shape index (κ2) is 9.31. The number of nitrogens with one attached hydrogen (secondary N) is 1. The van der Waals surface area contributed by atoms with E-state index in [2.05, 4.69) is 5.32 Å². The van der Waals surface area contributed by atoms with E-state index < -0.39 is 17.8 Å². The first-order valence-electron chi connectivity index (χ1n) is 10.7. The van der Waals surface area contributed by atoms with Crippen LogP contribution in [0.15, 0.2) is 66.2 Å². The first-order chi connectivity index (χ1) is 16.3. The maximum atomic E-state index is 14.3. The number of halogens is 1. The molecule has 0 unspecified atom stereocenters. The molecule has 0 atom stereocenters. The molecule has 4 rings (SSSR count). The van der Waals surface area contributed by atoms with Gasteiger partial charge in [0.15, 0.2) is 0 Å². The number of carbonyl (C=O) groups excluding carboxylic acids is 3. The zero-order valence-corrected chi connectivity index (χ0v) is 19.0. The van der Waals surface area contributed by atoms with Crippen LogP contribution in [0.25, 0.3) is 6.08 Å². The number of benzene rings is 3. The molecule has 6 nitrogen and oxygen atoms in total. The van der Waals surface area contributed by atoms with Crippen molar-refractivity contribution in [3.63, 3.8) is 0 Å². The van der Waals surface area contributed by atoms with Crippen molar-refractivity contribution in [1.82, 2.24) is 5.32 Å². The minimum Gasteiger partial charge on any atom is -0.497 e. The van der Waals surface area contributed by atoms with Gasteiger partial charge in [-0.25, -0.2) is 14.1 Å². The zero-order valence-electron chi connectivity index (χ0n) is 19.0. The molecule has 0 spiro atoms. The van der Waals surface area contributed by atoms with Crippen molar-refractivity contribution >= 4 is 29.6 Å². The number of anilines is 1. The van der Waals surface area contributed by atoms with E-state index in [0.29, 0.717) is 33.7 Å². The van der Waals surface area contributed by atoms with Gasteiger partial charge in [-0.05, 0) is 72.0 Å². The van der Waals surface area contributed by atoms with Crippen LogP contribution in [0.1, 0.15) is 27.8 Å². The Morgan fingerprint density at radius 2 is 1.74 bits per heavy atom. The van der Waals surface area contributed by atoms with Crippen LogP contribution in [0.5, 0.6) is 5.75 Å². The number of urea groups is 1. The Balaban J connectivity index is 1.79. The third-order valence-corrected chi connectivity index (χ3v) is 5.70. The molecule has 3 aromatic rings. The third-order valence-electron chi connectivity index (χ3n) is 5.70. The van der Waals surface area contributed by atoms with Crippen LogP contribution in [0.3, 0.4) is 0 Å². The van der Waals surface area contributed by atoms with Crippen molar-refractivity contribution in [3.05, 3.63) is 99.9 Å². The largest absolute Gasteiger partial charge is 0.497 e. The molecule has 0 aliphatic carbocycles. The first kappa shape index (κ1) is 22.9. The number of amides is 4. The van der Waals surface area contributed by atoms with E-state index in [0.717, 1.165) is 10.5 Å². The smallest absolute Gasteiger partial charge is 0.335 e. The predicted octanol–water partition coefficient (Wildman–Crippen LogP) is 4.71. The maximum absolute atomic E-state index is 14.3. The lowest BCUT2D eigenvalue weighted by Crippen LogP contribution is -2.54. The quantitative estimate of drug-likeness (QED) is 0.444. The number of barbiturate groups is 1. The van der Waals surface area contributed by atoms with E-state index in [1.54, 1.807) is 55.5 Å². The van der Waals surface area contributed by atoms with E-state index in [1.807, 2.05) is 13.0 Å².